The van der Waals surface area contributed by atoms with E-state index in [9.17, 15) is 0 Å². The van der Waals surface area contributed by atoms with Crippen LogP contribution in [0.5, 0.6) is 0 Å². The van der Waals surface area contributed by atoms with Crippen molar-refractivity contribution in [1.29, 1.82) is 0 Å². The van der Waals surface area contributed by atoms with Crippen molar-refractivity contribution in [3.63, 3.8) is 0 Å². The van der Waals surface area contributed by atoms with Crippen LogP contribution in [0.3, 0.4) is 0 Å². The molecule has 0 bridgehead atoms. The normalized spacial score (nSPS) is 16.7. The highest BCUT2D eigenvalue weighted by atomic mass is 15.0. The van der Waals surface area contributed by atoms with E-state index >= 15 is 0 Å². The molecule has 1 aliphatic rings. The van der Waals surface area contributed by atoms with Gasteiger partial charge in [0.15, 0.2) is 0 Å². The summed E-state index contributed by atoms with van der Waals surface area (Å²) in [4.78, 5) is 9.39. The first-order valence-corrected chi connectivity index (χ1v) is 6.64. The van der Waals surface area contributed by atoms with Gasteiger partial charge in [0.1, 0.15) is 11.6 Å². The molecule has 1 aromatic heterocycles. The molecule has 1 aliphatic carbocycles. The molecule has 1 heterocycles. The molecule has 17 heavy (non-hydrogen) atoms. The van der Waals surface area contributed by atoms with Crippen LogP contribution < -0.4 is 5.32 Å². The quantitative estimate of drug-likeness (QED) is 0.868. The Morgan fingerprint density at radius 1 is 1.29 bits per heavy atom. The van der Waals surface area contributed by atoms with Crippen LogP contribution in [-0.2, 0) is 5.41 Å². The third kappa shape index (κ3) is 2.76. The molecule has 1 aromatic rings. The molecule has 0 aromatic carbocycles. The van der Waals surface area contributed by atoms with Crippen LogP contribution in [0.2, 0.25) is 0 Å². The summed E-state index contributed by atoms with van der Waals surface area (Å²) in [6, 6.07) is 2.09. The SMILES string of the molecule is CCNc1cc(C(C)(C)C)nc(C2CCC2)n1. The molecular formula is C14H23N3. The lowest BCUT2D eigenvalue weighted by atomic mass is 9.84. The van der Waals surface area contributed by atoms with Crippen molar-refractivity contribution in [2.24, 2.45) is 0 Å². The van der Waals surface area contributed by atoms with Crippen LogP contribution in [0.4, 0.5) is 5.82 Å². The van der Waals surface area contributed by atoms with Gasteiger partial charge in [-0.15, -0.1) is 0 Å². The van der Waals surface area contributed by atoms with E-state index in [0.29, 0.717) is 5.92 Å². The van der Waals surface area contributed by atoms with Gasteiger partial charge >= 0.3 is 0 Å². The highest BCUT2D eigenvalue weighted by Gasteiger charge is 2.25. The van der Waals surface area contributed by atoms with Crippen molar-refractivity contribution in [3.8, 4) is 0 Å². The van der Waals surface area contributed by atoms with E-state index in [0.717, 1.165) is 23.9 Å². The third-order valence-corrected chi connectivity index (χ3v) is 3.34. The average molecular weight is 233 g/mol. The van der Waals surface area contributed by atoms with Crippen molar-refractivity contribution >= 4 is 5.82 Å². The summed E-state index contributed by atoms with van der Waals surface area (Å²) in [6.45, 7) is 9.62. The second-order valence-electron chi connectivity index (χ2n) is 5.90. The molecule has 0 amide bonds. The van der Waals surface area contributed by atoms with Gasteiger partial charge in [0, 0.05) is 23.9 Å². The Kier molecular flexibility index (Phi) is 3.36. The monoisotopic (exact) mass is 233 g/mol. The maximum absolute atomic E-state index is 4.76. The molecule has 3 heteroatoms. The van der Waals surface area contributed by atoms with E-state index in [2.05, 4.69) is 44.1 Å². The molecule has 0 saturated heterocycles. The van der Waals surface area contributed by atoms with Crippen LogP contribution in [0.1, 0.15) is 64.4 Å². The third-order valence-electron chi connectivity index (χ3n) is 3.34. The van der Waals surface area contributed by atoms with E-state index in [-0.39, 0.29) is 5.41 Å². The lowest BCUT2D eigenvalue weighted by Crippen LogP contribution is -2.20. The lowest BCUT2D eigenvalue weighted by Gasteiger charge is -2.26. The Bertz CT molecular complexity index is 389. The average Bonchev–Trinajstić information content (AvgIpc) is 2.13. The second-order valence-corrected chi connectivity index (χ2v) is 5.90. The summed E-state index contributed by atoms with van der Waals surface area (Å²) in [5.41, 5.74) is 1.23. The standard InChI is InChI=1S/C14H23N3/c1-5-15-12-9-11(14(2,3)4)16-13(17-12)10-7-6-8-10/h9-10H,5-8H2,1-4H3,(H,15,16,17). The van der Waals surface area contributed by atoms with Gasteiger partial charge in [-0.05, 0) is 19.8 Å². The van der Waals surface area contributed by atoms with Gasteiger partial charge in [-0.3, -0.25) is 0 Å². The van der Waals surface area contributed by atoms with Crippen molar-refractivity contribution < 1.29 is 0 Å². The van der Waals surface area contributed by atoms with E-state index in [1.165, 1.54) is 19.3 Å². The van der Waals surface area contributed by atoms with Crippen LogP contribution >= 0.6 is 0 Å². The number of anilines is 1. The molecular weight excluding hydrogens is 210 g/mol. The second kappa shape index (κ2) is 4.63. The van der Waals surface area contributed by atoms with Gasteiger partial charge in [0.05, 0.1) is 5.69 Å². The highest BCUT2D eigenvalue weighted by molar-refractivity contribution is 5.38. The minimum atomic E-state index is 0.0889. The summed E-state index contributed by atoms with van der Waals surface area (Å²) in [5, 5.41) is 3.31. The fourth-order valence-corrected chi connectivity index (χ4v) is 1.97. The zero-order valence-electron chi connectivity index (χ0n) is 11.4. The molecule has 1 saturated carbocycles. The summed E-state index contributed by atoms with van der Waals surface area (Å²) >= 11 is 0. The number of rotatable bonds is 3. The van der Waals surface area contributed by atoms with Crippen LogP contribution in [0.15, 0.2) is 6.07 Å². The maximum Gasteiger partial charge on any atom is 0.134 e. The van der Waals surface area contributed by atoms with Gasteiger partial charge < -0.3 is 5.32 Å². The maximum atomic E-state index is 4.76. The van der Waals surface area contributed by atoms with Crippen LogP contribution in [-0.4, -0.2) is 16.5 Å². The fourth-order valence-electron chi connectivity index (χ4n) is 1.97. The van der Waals surface area contributed by atoms with Gasteiger partial charge in [0.25, 0.3) is 0 Å². The summed E-state index contributed by atoms with van der Waals surface area (Å²) in [7, 11) is 0. The minimum Gasteiger partial charge on any atom is -0.370 e. The number of hydrogen-bond acceptors (Lipinski definition) is 3. The first-order valence-electron chi connectivity index (χ1n) is 6.64. The lowest BCUT2D eigenvalue weighted by molar-refractivity contribution is 0.397. The van der Waals surface area contributed by atoms with Crippen LogP contribution in [0.25, 0.3) is 0 Å². The first kappa shape index (κ1) is 12.3. The number of nitrogens with one attached hydrogen (secondary N) is 1. The summed E-state index contributed by atoms with van der Waals surface area (Å²) < 4.78 is 0. The van der Waals surface area contributed by atoms with Gasteiger partial charge in [-0.2, -0.15) is 0 Å². The summed E-state index contributed by atoms with van der Waals surface area (Å²) in [6.07, 6.45) is 3.82. The number of aromatic nitrogens is 2. The predicted octanol–water partition coefficient (Wildman–Crippen LogP) is 3.47. The van der Waals surface area contributed by atoms with Gasteiger partial charge in [-0.1, -0.05) is 27.2 Å². The van der Waals surface area contributed by atoms with E-state index in [1.807, 2.05) is 0 Å². The fraction of sp³-hybridized carbons (Fsp3) is 0.714. The number of hydrogen-bond donors (Lipinski definition) is 1. The van der Waals surface area contributed by atoms with Crippen molar-refractivity contribution in [2.75, 3.05) is 11.9 Å². The zero-order valence-corrected chi connectivity index (χ0v) is 11.4. The Morgan fingerprint density at radius 3 is 2.47 bits per heavy atom. The molecule has 1 N–H and O–H groups in total. The Hall–Kier alpha value is -1.12. The zero-order chi connectivity index (χ0) is 12.5. The van der Waals surface area contributed by atoms with Crippen LogP contribution in [0, 0.1) is 0 Å². The molecule has 0 radical (unpaired) electrons. The van der Waals surface area contributed by atoms with Gasteiger partial charge in [0.2, 0.25) is 0 Å². The largest absolute Gasteiger partial charge is 0.370 e. The molecule has 1 fully saturated rings. The Morgan fingerprint density at radius 2 is 2.00 bits per heavy atom. The summed E-state index contributed by atoms with van der Waals surface area (Å²) in [5.74, 6) is 2.61. The van der Waals surface area contributed by atoms with Gasteiger partial charge in [-0.25, -0.2) is 9.97 Å². The van der Waals surface area contributed by atoms with E-state index in [1.54, 1.807) is 0 Å². The molecule has 0 aliphatic heterocycles. The topological polar surface area (TPSA) is 37.8 Å². The molecule has 2 rings (SSSR count). The molecule has 0 spiro atoms. The first-order chi connectivity index (χ1) is 8.00. The van der Waals surface area contributed by atoms with E-state index in [4.69, 9.17) is 4.98 Å². The molecule has 0 atom stereocenters. The molecule has 0 unspecified atom stereocenters. The highest BCUT2D eigenvalue weighted by Crippen LogP contribution is 2.35. The minimum absolute atomic E-state index is 0.0889. The van der Waals surface area contributed by atoms with E-state index < -0.39 is 0 Å². The number of nitrogens with zero attached hydrogens (tertiary/aromatic N) is 2. The Labute approximate surface area is 104 Å². The molecule has 94 valence electrons. The smallest absolute Gasteiger partial charge is 0.134 e. The van der Waals surface area contributed by atoms with Crippen molar-refractivity contribution in [1.82, 2.24) is 9.97 Å². The molecule has 3 nitrogen and oxygen atoms in total. The van der Waals surface area contributed by atoms with Crippen molar-refractivity contribution in [3.05, 3.63) is 17.6 Å². The van der Waals surface area contributed by atoms with Crippen molar-refractivity contribution in [2.45, 2.75) is 58.3 Å². The Balaban J connectivity index is 2.34. The predicted molar refractivity (Wildman–Crippen MR) is 71.5 cm³/mol.